The van der Waals surface area contributed by atoms with Gasteiger partial charge in [0, 0.05) is 0 Å². The summed E-state index contributed by atoms with van der Waals surface area (Å²) in [4.78, 5) is 11.8. The SMILES string of the molecule is CCCC(CCC)(CCC)C(=O)OP.O=S([O-])O. The Morgan fingerprint density at radius 2 is 1.50 bits per heavy atom. The van der Waals surface area contributed by atoms with E-state index in [2.05, 4.69) is 30.2 Å². The molecule has 18 heavy (non-hydrogen) atoms. The molecule has 7 heteroatoms. The van der Waals surface area contributed by atoms with E-state index in [9.17, 15) is 4.79 Å². The third-order valence-corrected chi connectivity index (χ3v) is 2.94. The van der Waals surface area contributed by atoms with E-state index in [1.165, 1.54) is 0 Å². The molecule has 0 fully saturated rings. The van der Waals surface area contributed by atoms with Crippen molar-refractivity contribution in [1.82, 2.24) is 0 Å². The Labute approximate surface area is 114 Å². The lowest BCUT2D eigenvalue weighted by Crippen LogP contribution is -2.31. The lowest BCUT2D eigenvalue weighted by molar-refractivity contribution is -0.146. The minimum atomic E-state index is -2.86. The van der Waals surface area contributed by atoms with Crippen molar-refractivity contribution in [3.63, 3.8) is 0 Å². The molecular formula is C11H24O5PS-. The van der Waals surface area contributed by atoms with Crippen LogP contribution in [0.3, 0.4) is 0 Å². The van der Waals surface area contributed by atoms with Crippen LogP contribution in [0, 0.1) is 5.41 Å². The second kappa shape index (κ2) is 12.0. The van der Waals surface area contributed by atoms with Crippen LogP contribution in [0.2, 0.25) is 0 Å². The molecule has 0 bridgehead atoms. The highest BCUT2D eigenvalue weighted by Gasteiger charge is 2.36. The first-order valence-electron chi connectivity index (χ1n) is 6.09. The van der Waals surface area contributed by atoms with Gasteiger partial charge in [0.25, 0.3) is 0 Å². The molecule has 5 nitrogen and oxygen atoms in total. The van der Waals surface area contributed by atoms with E-state index in [-0.39, 0.29) is 11.4 Å². The molecule has 0 aromatic rings. The molecule has 2 unspecified atom stereocenters. The summed E-state index contributed by atoms with van der Waals surface area (Å²) in [7, 11) is 2.08. The maximum Gasteiger partial charge on any atom is 0.314 e. The molecule has 0 spiro atoms. The van der Waals surface area contributed by atoms with E-state index in [4.69, 9.17) is 17.8 Å². The highest BCUT2D eigenvalue weighted by Crippen LogP contribution is 2.36. The van der Waals surface area contributed by atoms with E-state index in [1.807, 2.05) is 0 Å². The largest absolute Gasteiger partial charge is 0.750 e. The fraction of sp³-hybridized carbons (Fsp3) is 0.909. The Balaban J connectivity index is 0. The van der Waals surface area contributed by atoms with E-state index in [0.29, 0.717) is 0 Å². The van der Waals surface area contributed by atoms with Gasteiger partial charge in [0.15, 0.2) is 0 Å². The molecule has 110 valence electrons. The van der Waals surface area contributed by atoms with Crippen molar-refractivity contribution < 1.29 is 22.6 Å². The molecule has 0 aromatic heterocycles. The van der Waals surface area contributed by atoms with Crippen LogP contribution in [0.1, 0.15) is 59.3 Å². The quantitative estimate of drug-likeness (QED) is 0.576. The minimum Gasteiger partial charge on any atom is -0.750 e. The molecule has 0 aliphatic heterocycles. The standard InChI is InChI=1S/C11H23O2P.H2O3S/c1-4-7-11(8-5-2,9-6-3)10(12)13-14;1-4(2)3/h4-9,14H2,1-3H3;(H2,1,2,3)/p-1. The van der Waals surface area contributed by atoms with E-state index in [0.717, 1.165) is 38.5 Å². The summed E-state index contributed by atoms with van der Waals surface area (Å²) in [6, 6.07) is 0. The molecule has 0 amide bonds. The van der Waals surface area contributed by atoms with Gasteiger partial charge in [-0.05, 0) is 19.3 Å². The smallest absolute Gasteiger partial charge is 0.314 e. The molecule has 1 N–H and O–H groups in total. The lowest BCUT2D eigenvalue weighted by Gasteiger charge is -2.30. The van der Waals surface area contributed by atoms with Gasteiger partial charge in [-0.2, -0.15) is 0 Å². The first-order valence-corrected chi connectivity index (χ1v) is 7.60. The molecule has 0 aliphatic rings. The Morgan fingerprint density at radius 1 is 1.22 bits per heavy atom. The van der Waals surface area contributed by atoms with Crippen molar-refractivity contribution in [2.45, 2.75) is 59.3 Å². The Hall–Kier alpha value is -0.0300. The van der Waals surface area contributed by atoms with Crippen molar-refractivity contribution in [1.29, 1.82) is 0 Å². The van der Waals surface area contributed by atoms with Gasteiger partial charge in [-0.1, -0.05) is 40.0 Å². The minimum absolute atomic E-state index is 0.0481. The van der Waals surface area contributed by atoms with Crippen LogP contribution in [-0.2, 0) is 20.7 Å². The highest BCUT2D eigenvalue weighted by atomic mass is 32.2. The van der Waals surface area contributed by atoms with E-state index < -0.39 is 11.4 Å². The fourth-order valence-electron chi connectivity index (χ4n) is 2.24. The normalized spacial score (nSPS) is 12.3. The van der Waals surface area contributed by atoms with E-state index >= 15 is 0 Å². The van der Waals surface area contributed by atoms with Gasteiger partial charge in [-0.3, -0.25) is 4.79 Å². The lowest BCUT2D eigenvalue weighted by atomic mass is 9.76. The van der Waals surface area contributed by atoms with E-state index in [1.54, 1.807) is 0 Å². The van der Waals surface area contributed by atoms with Gasteiger partial charge in [0.05, 0.1) is 26.2 Å². The molecule has 0 heterocycles. The third-order valence-electron chi connectivity index (χ3n) is 2.73. The van der Waals surface area contributed by atoms with Crippen molar-refractivity contribution >= 4 is 26.8 Å². The van der Waals surface area contributed by atoms with Crippen LogP contribution in [0.4, 0.5) is 0 Å². The van der Waals surface area contributed by atoms with Gasteiger partial charge >= 0.3 is 5.97 Å². The van der Waals surface area contributed by atoms with Crippen LogP contribution in [0.5, 0.6) is 0 Å². The molecule has 0 aliphatic carbocycles. The van der Waals surface area contributed by atoms with Gasteiger partial charge in [0.1, 0.15) is 0 Å². The predicted molar refractivity (Wildman–Crippen MR) is 74.5 cm³/mol. The maximum absolute atomic E-state index is 11.8. The van der Waals surface area contributed by atoms with Gasteiger partial charge < -0.3 is 13.6 Å². The monoisotopic (exact) mass is 299 g/mol. The second-order valence-electron chi connectivity index (χ2n) is 4.15. The molecule has 0 saturated heterocycles. The van der Waals surface area contributed by atoms with Crippen molar-refractivity contribution in [3.05, 3.63) is 0 Å². The molecule has 0 rings (SSSR count). The van der Waals surface area contributed by atoms with Gasteiger partial charge in [-0.25, -0.2) is 4.21 Å². The van der Waals surface area contributed by atoms with Gasteiger partial charge in [0.2, 0.25) is 0 Å². The summed E-state index contributed by atoms with van der Waals surface area (Å²) in [6.45, 7) is 6.36. The third kappa shape index (κ3) is 8.97. The number of rotatable bonds is 7. The average Bonchev–Trinajstić information content (AvgIpc) is 2.28. The van der Waals surface area contributed by atoms with Crippen LogP contribution in [-0.4, -0.2) is 19.3 Å². The molecular weight excluding hydrogens is 275 g/mol. The highest BCUT2D eigenvalue weighted by molar-refractivity contribution is 7.73. The summed E-state index contributed by atoms with van der Waals surface area (Å²) < 4.78 is 28.9. The number of hydrogen-bond acceptors (Lipinski definition) is 4. The summed E-state index contributed by atoms with van der Waals surface area (Å²) in [5, 5.41) is 0. The van der Waals surface area contributed by atoms with Crippen molar-refractivity contribution in [2.24, 2.45) is 5.41 Å². The van der Waals surface area contributed by atoms with Crippen LogP contribution in [0.15, 0.2) is 0 Å². The predicted octanol–water partition coefficient (Wildman–Crippen LogP) is 3.04. The van der Waals surface area contributed by atoms with Crippen molar-refractivity contribution in [2.75, 3.05) is 0 Å². The Bertz CT molecular complexity index is 227. The number of hydrogen-bond donors (Lipinski definition) is 1. The van der Waals surface area contributed by atoms with Crippen molar-refractivity contribution in [3.8, 4) is 0 Å². The topological polar surface area (TPSA) is 86.7 Å². The maximum atomic E-state index is 11.8. The molecule has 2 atom stereocenters. The first-order chi connectivity index (χ1) is 8.40. The van der Waals surface area contributed by atoms with Crippen LogP contribution >= 0.6 is 9.47 Å². The Kier molecular flexibility index (Phi) is 13.6. The number of carbonyl (C=O) groups excluding carboxylic acids is 1. The van der Waals surface area contributed by atoms with Crippen LogP contribution < -0.4 is 0 Å². The summed E-state index contributed by atoms with van der Waals surface area (Å²) in [5.74, 6) is -0.0481. The zero-order valence-corrected chi connectivity index (χ0v) is 13.3. The zero-order chi connectivity index (χ0) is 14.6. The fourth-order valence-corrected chi connectivity index (χ4v) is 2.49. The zero-order valence-electron chi connectivity index (χ0n) is 11.3. The first kappa shape index (κ1) is 20.3. The second-order valence-corrected chi connectivity index (χ2v) is 4.82. The summed E-state index contributed by atoms with van der Waals surface area (Å²) in [6.07, 6.45) is 5.96. The van der Waals surface area contributed by atoms with Gasteiger partial charge in [-0.15, -0.1) is 0 Å². The van der Waals surface area contributed by atoms with Crippen LogP contribution in [0.25, 0.3) is 0 Å². The Morgan fingerprint density at radius 3 is 1.67 bits per heavy atom. The molecule has 0 aromatic carbocycles. The summed E-state index contributed by atoms with van der Waals surface area (Å²) >= 11 is -2.86. The molecule has 0 saturated carbocycles. The number of carbonyl (C=O) groups is 1. The average molecular weight is 299 g/mol. The summed E-state index contributed by atoms with van der Waals surface area (Å²) in [5.41, 5.74) is -0.222. The molecule has 0 radical (unpaired) electrons.